The van der Waals surface area contributed by atoms with Crippen LogP contribution in [-0.2, 0) is 16.1 Å². The highest BCUT2D eigenvalue weighted by Gasteiger charge is 2.09. The number of hydrogen-bond acceptors (Lipinski definition) is 5. The summed E-state index contributed by atoms with van der Waals surface area (Å²) >= 11 is 0. The van der Waals surface area contributed by atoms with Gasteiger partial charge < -0.3 is 19.8 Å². The van der Waals surface area contributed by atoms with Crippen LogP contribution in [0.4, 0.5) is 0 Å². The van der Waals surface area contributed by atoms with Crippen LogP contribution in [0.15, 0.2) is 48.5 Å². The summed E-state index contributed by atoms with van der Waals surface area (Å²) in [5.74, 6) is 0.340. The number of nitrogens with zero attached hydrogens (tertiary/aromatic N) is 1. The monoisotopic (exact) mass is 339 g/mol. The molecule has 0 saturated carbocycles. The summed E-state index contributed by atoms with van der Waals surface area (Å²) in [5, 5.41) is 2.73. The van der Waals surface area contributed by atoms with Crippen LogP contribution in [-0.4, -0.2) is 35.6 Å². The molecule has 7 heteroatoms. The third-order valence-electron chi connectivity index (χ3n) is 3.52. The van der Waals surface area contributed by atoms with Crippen molar-refractivity contribution in [3.05, 3.63) is 59.9 Å². The number of hydrogen-bond donors (Lipinski definition) is 2. The van der Waals surface area contributed by atoms with Crippen molar-refractivity contribution in [1.29, 1.82) is 0 Å². The van der Waals surface area contributed by atoms with Gasteiger partial charge in [-0.1, -0.05) is 18.2 Å². The Bertz CT molecular complexity index is 871. The molecule has 0 bridgehead atoms. The number of amides is 1. The van der Waals surface area contributed by atoms with Crippen molar-refractivity contribution in [3.63, 3.8) is 0 Å². The minimum absolute atomic E-state index is 0.162. The van der Waals surface area contributed by atoms with Gasteiger partial charge in [-0.25, -0.2) is 9.78 Å². The molecule has 0 spiro atoms. The first kappa shape index (κ1) is 16.5. The number of H-pyrrole nitrogens is 1. The maximum absolute atomic E-state index is 11.9. The SMILES string of the molecule is COC(=O)c1cccc(OCC(=O)NCc2nc3ccccc3[nH]2)c1. The van der Waals surface area contributed by atoms with Crippen molar-refractivity contribution in [2.24, 2.45) is 0 Å². The first-order valence-corrected chi connectivity index (χ1v) is 7.67. The maximum atomic E-state index is 11.9. The first-order valence-electron chi connectivity index (χ1n) is 7.67. The number of carbonyl (C=O) groups is 2. The predicted octanol–water partition coefficient (Wildman–Crippen LogP) is 2.04. The molecule has 0 aliphatic heterocycles. The molecule has 3 rings (SSSR count). The van der Waals surface area contributed by atoms with Crippen LogP contribution in [0.25, 0.3) is 11.0 Å². The number of ether oxygens (including phenoxy) is 2. The molecule has 0 radical (unpaired) electrons. The molecule has 1 amide bonds. The molecular formula is C18H17N3O4. The Morgan fingerprint density at radius 2 is 2.00 bits per heavy atom. The third-order valence-corrected chi connectivity index (χ3v) is 3.52. The zero-order valence-electron chi connectivity index (χ0n) is 13.6. The van der Waals surface area contributed by atoms with Crippen molar-refractivity contribution in [2.75, 3.05) is 13.7 Å². The maximum Gasteiger partial charge on any atom is 0.337 e. The number of methoxy groups -OCH3 is 1. The van der Waals surface area contributed by atoms with E-state index in [1.54, 1.807) is 18.2 Å². The number of aromatic nitrogens is 2. The number of nitrogens with one attached hydrogen (secondary N) is 2. The van der Waals surface area contributed by atoms with E-state index >= 15 is 0 Å². The summed E-state index contributed by atoms with van der Waals surface area (Å²) in [6.07, 6.45) is 0. The zero-order chi connectivity index (χ0) is 17.6. The summed E-state index contributed by atoms with van der Waals surface area (Å²) in [6.45, 7) is 0.115. The average molecular weight is 339 g/mol. The Morgan fingerprint density at radius 1 is 1.16 bits per heavy atom. The number of benzene rings is 2. The Balaban J connectivity index is 1.52. The molecule has 0 fully saturated rings. The van der Waals surface area contributed by atoms with Gasteiger partial charge in [-0.15, -0.1) is 0 Å². The van der Waals surface area contributed by atoms with Crippen LogP contribution in [0.5, 0.6) is 5.75 Å². The predicted molar refractivity (Wildman–Crippen MR) is 91.2 cm³/mol. The van der Waals surface area contributed by atoms with E-state index in [0.29, 0.717) is 17.1 Å². The number of carbonyl (C=O) groups excluding carboxylic acids is 2. The van der Waals surface area contributed by atoms with E-state index in [1.165, 1.54) is 13.2 Å². The molecule has 0 aliphatic carbocycles. The van der Waals surface area contributed by atoms with Crippen molar-refractivity contribution >= 4 is 22.9 Å². The standard InChI is InChI=1S/C18H17N3O4/c1-24-18(23)12-5-4-6-13(9-12)25-11-17(22)19-10-16-20-14-7-2-3-8-15(14)21-16/h2-9H,10-11H2,1H3,(H,19,22)(H,20,21). The molecule has 0 aliphatic rings. The van der Waals surface area contributed by atoms with E-state index < -0.39 is 5.97 Å². The Hall–Kier alpha value is -3.35. The van der Waals surface area contributed by atoms with Crippen LogP contribution in [0.1, 0.15) is 16.2 Å². The fourth-order valence-electron chi connectivity index (χ4n) is 2.30. The fraction of sp³-hybridized carbons (Fsp3) is 0.167. The molecule has 0 saturated heterocycles. The molecule has 1 aromatic heterocycles. The minimum atomic E-state index is -0.459. The van der Waals surface area contributed by atoms with Crippen LogP contribution < -0.4 is 10.1 Å². The summed E-state index contributed by atoms with van der Waals surface area (Å²) in [6, 6.07) is 14.1. The summed E-state index contributed by atoms with van der Waals surface area (Å²) < 4.78 is 10.0. The quantitative estimate of drug-likeness (QED) is 0.671. The molecule has 1 heterocycles. The second kappa shape index (κ2) is 7.48. The molecule has 25 heavy (non-hydrogen) atoms. The molecule has 0 unspecified atom stereocenters. The lowest BCUT2D eigenvalue weighted by Gasteiger charge is -2.07. The van der Waals surface area contributed by atoms with Crippen molar-refractivity contribution in [1.82, 2.24) is 15.3 Å². The van der Waals surface area contributed by atoms with Crippen LogP contribution in [0.3, 0.4) is 0 Å². The van der Waals surface area contributed by atoms with E-state index in [4.69, 9.17) is 4.74 Å². The van der Waals surface area contributed by atoms with Gasteiger partial charge in [0.2, 0.25) is 0 Å². The molecule has 2 N–H and O–H groups in total. The van der Waals surface area contributed by atoms with Crippen molar-refractivity contribution in [3.8, 4) is 5.75 Å². The zero-order valence-corrected chi connectivity index (χ0v) is 13.6. The van der Waals surface area contributed by atoms with E-state index in [-0.39, 0.29) is 19.1 Å². The molecular weight excluding hydrogens is 322 g/mol. The van der Waals surface area contributed by atoms with Gasteiger partial charge in [-0.05, 0) is 30.3 Å². The lowest BCUT2D eigenvalue weighted by molar-refractivity contribution is -0.123. The van der Waals surface area contributed by atoms with Gasteiger partial charge in [-0.2, -0.15) is 0 Å². The van der Waals surface area contributed by atoms with Crippen LogP contribution >= 0.6 is 0 Å². The Kier molecular flexibility index (Phi) is 4.94. The van der Waals surface area contributed by atoms with Gasteiger partial charge in [0.15, 0.2) is 6.61 Å². The molecule has 3 aromatic rings. The van der Waals surface area contributed by atoms with E-state index in [9.17, 15) is 9.59 Å². The van der Waals surface area contributed by atoms with E-state index in [0.717, 1.165) is 11.0 Å². The second-order valence-corrected chi connectivity index (χ2v) is 5.29. The highest BCUT2D eigenvalue weighted by Crippen LogP contribution is 2.14. The Labute approximate surface area is 144 Å². The number of rotatable bonds is 6. The number of esters is 1. The molecule has 0 atom stereocenters. The largest absolute Gasteiger partial charge is 0.484 e. The number of aromatic amines is 1. The average Bonchev–Trinajstić information content (AvgIpc) is 3.07. The third kappa shape index (κ3) is 4.14. The number of imidazole rings is 1. The summed E-state index contributed by atoms with van der Waals surface area (Å²) in [4.78, 5) is 30.9. The van der Waals surface area contributed by atoms with Gasteiger partial charge in [0.25, 0.3) is 5.91 Å². The first-order chi connectivity index (χ1) is 12.2. The minimum Gasteiger partial charge on any atom is -0.484 e. The van der Waals surface area contributed by atoms with Gasteiger partial charge in [0.1, 0.15) is 11.6 Å². The summed E-state index contributed by atoms with van der Waals surface area (Å²) in [5.41, 5.74) is 2.13. The highest BCUT2D eigenvalue weighted by molar-refractivity contribution is 5.89. The Morgan fingerprint density at radius 3 is 2.80 bits per heavy atom. The number of fused-ring (bicyclic) bond motifs is 1. The van der Waals surface area contributed by atoms with Crippen LogP contribution in [0.2, 0.25) is 0 Å². The molecule has 128 valence electrons. The van der Waals surface area contributed by atoms with E-state index in [1.807, 2.05) is 24.3 Å². The highest BCUT2D eigenvalue weighted by atomic mass is 16.5. The van der Waals surface area contributed by atoms with Crippen molar-refractivity contribution in [2.45, 2.75) is 6.54 Å². The lowest BCUT2D eigenvalue weighted by atomic mass is 10.2. The molecule has 7 nitrogen and oxygen atoms in total. The second-order valence-electron chi connectivity index (χ2n) is 5.29. The number of para-hydroxylation sites is 2. The van der Waals surface area contributed by atoms with Gasteiger partial charge >= 0.3 is 5.97 Å². The van der Waals surface area contributed by atoms with Gasteiger partial charge in [0.05, 0.1) is 30.3 Å². The van der Waals surface area contributed by atoms with E-state index in [2.05, 4.69) is 20.0 Å². The normalized spacial score (nSPS) is 10.4. The molecule has 2 aromatic carbocycles. The van der Waals surface area contributed by atoms with Crippen LogP contribution in [0, 0.1) is 0 Å². The summed E-state index contributed by atoms with van der Waals surface area (Å²) in [7, 11) is 1.31. The topological polar surface area (TPSA) is 93.3 Å². The van der Waals surface area contributed by atoms with Gasteiger partial charge in [0, 0.05) is 0 Å². The fourth-order valence-corrected chi connectivity index (χ4v) is 2.30. The van der Waals surface area contributed by atoms with Crippen molar-refractivity contribution < 1.29 is 19.1 Å². The smallest absolute Gasteiger partial charge is 0.337 e. The lowest BCUT2D eigenvalue weighted by Crippen LogP contribution is -2.28. The van der Waals surface area contributed by atoms with Gasteiger partial charge in [-0.3, -0.25) is 4.79 Å².